The van der Waals surface area contributed by atoms with Crippen molar-refractivity contribution in [3.05, 3.63) is 50.3 Å². The average molecular weight is 331 g/mol. The van der Waals surface area contributed by atoms with Crippen molar-refractivity contribution in [3.8, 4) is 11.9 Å². The van der Waals surface area contributed by atoms with Gasteiger partial charge in [-0.2, -0.15) is 10.4 Å². The fourth-order valence-electron chi connectivity index (χ4n) is 2.16. The first kappa shape index (κ1) is 16.7. The first-order chi connectivity index (χ1) is 10.9. The number of aromatic nitrogens is 1. The Morgan fingerprint density at radius 1 is 1.30 bits per heavy atom. The predicted molar refractivity (Wildman–Crippen MR) is 87.9 cm³/mol. The van der Waals surface area contributed by atoms with Crippen LogP contribution in [0.3, 0.4) is 0 Å². The summed E-state index contributed by atoms with van der Waals surface area (Å²) in [5.74, 6) is -0.351. The lowest BCUT2D eigenvalue weighted by Crippen LogP contribution is -2.20. The molecule has 23 heavy (non-hydrogen) atoms. The van der Waals surface area contributed by atoms with Crippen molar-refractivity contribution in [2.45, 2.75) is 27.3 Å². The molecule has 2 rings (SSSR count). The second-order valence-corrected chi connectivity index (χ2v) is 5.32. The van der Waals surface area contributed by atoms with Crippen molar-refractivity contribution in [1.82, 2.24) is 4.57 Å². The Bertz CT molecular complexity index is 894. The molecule has 2 aromatic rings. The summed E-state index contributed by atoms with van der Waals surface area (Å²) in [5, 5.41) is 27.8. The summed E-state index contributed by atoms with van der Waals surface area (Å²) in [5.41, 5.74) is 1.12. The molecule has 0 amide bonds. The topological polar surface area (TPSA) is 90.7 Å². The molecule has 1 N–H and O–H groups in total. The van der Waals surface area contributed by atoms with Crippen LogP contribution in [0.4, 0.5) is 11.4 Å². The second-order valence-electron chi connectivity index (χ2n) is 4.92. The summed E-state index contributed by atoms with van der Waals surface area (Å²) in [6.45, 7) is 5.27. The van der Waals surface area contributed by atoms with Gasteiger partial charge >= 0.3 is 0 Å². The monoisotopic (exact) mass is 330 g/mol. The number of azo groups is 1. The zero-order valence-corrected chi connectivity index (χ0v) is 13.7. The molecule has 0 atom stereocenters. The quantitative estimate of drug-likeness (QED) is 0.858. The molecule has 0 radical (unpaired) electrons. The van der Waals surface area contributed by atoms with Crippen molar-refractivity contribution >= 4 is 23.0 Å². The molecule has 0 aliphatic rings. The van der Waals surface area contributed by atoms with E-state index in [0.717, 1.165) is 10.1 Å². The molecule has 7 heteroatoms. The summed E-state index contributed by atoms with van der Waals surface area (Å²) in [4.78, 5) is 12.4. The second kappa shape index (κ2) is 6.63. The van der Waals surface area contributed by atoms with Gasteiger partial charge in [-0.1, -0.05) is 17.7 Å². The number of halogens is 1. The van der Waals surface area contributed by atoms with E-state index in [1.54, 1.807) is 39.0 Å². The van der Waals surface area contributed by atoms with Crippen LogP contribution in [-0.2, 0) is 6.54 Å². The average Bonchev–Trinajstić information content (AvgIpc) is 2.52. The number of aromatic hydroxyl groups is 1. The normalized spacial score (nSPS) is 10.9. The molecular formula is C16H15ClN4O2. The van der Waals surface area contributed by atoms with Crippen LogP contribution in [0.1, 0.15) is 23.6 Å². The number of benzene rings is 1. The third-order valence-corrected chi connectivity index (χ3v) is 3.99. The zero-order chi connectivity index (χ0) is 17.1. The Morgan fingerprint density at radius 2 is 2.00 bits per heavy atom. The molecule has 0 fully saturated rings. The fourth-order valence-corrected chi connectivity index (χ4v) is 2.33. The van der Waals surface area contributed by atoms with Crippen molar-refractivity contribution in [1.29, 1.82) is 5.26 Å². The van der Waals surface area contributed by atoms with Crippen LogP contribution < -0.4 is 5.56 Å². The SMILES string of the molecule is CCn1c(O)c(C#N)c(C)c(N=Nc2cccc(Cl)c2C)c1=O. The predicted octanol–water partition coefficient (Wildman–Crippen LogP) is 4.13. The van der Waals surface area contributed by atoms with Crippen molar-refractivity contribution in [3.63, 3.8) is 0 Å². The van der Waals surface area contributed by atoms with E-state index in [0.29, 0.717) is 16.3 Å². The summed E-state index contributed by atoms with van der Waals surface area (Å²) in [7, 11) is 0. The third-order valence-electron chi connectivity index (χ3n) is 3.58. The molecular weight excluding hydrogens is 316 g/mol. The summed E-state index contributed by atoms with van der Waals surface area (Å²) in [6, 6.07) is 7.09. The van der Waals surface area contributed by atoms with Gasteiger partial charge in [-0.3, -0.25) is 9.36 Å². The summed E-state index contributed by atoms with van der Waals surface area (Å²) < 4.78 is 1.09. The van der Waals surface area contributed by atoms with Crippen molar-refractivity contribution in [2.75, 3.05) is 0 Å². The molecule has 0 aliphatic carbocycles. The highest BCUT2D eigenvalue weighted by Crippen LogP contribution is 2.29. The molecule has 0 bridgehead atoms. The van der Waals surface area contributed by atoms with Crippen LogP contribution in [0.2, 0.25) is 5.02 Å². The van der Waals surface area contributed by atoms with E-state index in [9.17, 15) is 15.2 Å². The Balaban J connectivity index is 2.65. The Labute approximate surface area is 138 Å². The molecule has 0 aliphatic heterocycles. The first-order valence-corrected chi connectivity index (χ1v) is 7.33. The largest absolute Gasteiger partial charge is 0.493 e. The number of rotatable bonds is 3. The van der Waals surface area contributed by atoms with Gasteiger partial charge in [-0.15, -0.1) is 5.11 Å². The van der Waals surface area contributed by atoms with Gasteiger partial charge in [0.1, 0.15) is 11.6 Å². The van der Waals surface area contributed by atoms with Crippen molar-refractivity contribution in [2.24, 2.45) is 10.2 Å². The van der Waals surface area contributed by atoms with Gasteiger partial charge in [0, 0.05) is 17.1 Å². The van der Waals surface area contributed by atoms with E-state index >= 15 is 0 Å². The molecule has 1 heterocycles. The lowest BCUT2D eigenvalue weighted by atomic mass is 10.1. The lowest BCUT2D eigenvalue weighted by Gasteiger charge is -2.10. The van der Waals surface area contributed by atoms with Gasteiger partial charge < -0.3 is 5.11 Å². The van der Waals surface area contributed by atoms with E-state index in [-0.39, 0.29) is 23.7 Å². The van der Waals surface area contributed by atoms with Gasteiger partial charge in [0.15, 0.2) is 5.69 Å². The van der Waals surface area contributed by atoms with Gasteiger partial charge in [0.2, 0.25) is 5.88 Å². The minimum absolute atomic E-state index is 0.0169. The molecule has 118 valence electrons. The van der Waals surface area contributed by atoms with Gasteiger partial charge in [-0.05, 0) is 38.5 Å². The van der Waals surface area contributed by atoms with Gasteiger partial charge in [-0.25, -0.2) is 0 Å². The van der Waals surface area contributed by atoms with E-state index < -0.39 is 5.56 Å². The van der Waals surface area contributed by atoms with E-state index in [4.69, 9.17) is 11.6 Å². The standard InChI is InChI=1S/C16H15ClN4O2/c1-4-21-15(22)11(8-18)9(2)14(16(21)23)20-19-13-7-5-6-12(17)10(13)3/h5-7,22H,4H2,1-3H3. The maximum absolute atomic E-state index is 12.4. The highest BCUT2D eigenvalue weighted by Gasteiger charge is 2.18. The molecule has 1 aromatic heterocycles. The van der Waals surface area contributed by atoms with Gasteiger partial charge in [0.05, 0.1) is 5.69 Å². The first-order valence-electron chi connectivity index (χ1n) is 6.95. The van der Waals surface area contributed by atoms with E-state index in [1.165, 1.54) is 0 Å². The molecule has 0 saturated heterocycles. The molecule has 0 saturated carbocycles. The van der Waals surface area contributed by atoms with Crippen LogP contribution in [0, 0.1) is 25.2 Å². The van der Waals surface area contributed by atoms with Crippen LogP contribution >= 0.6 is 11.6 Å². The number of nitrogens with zero attached hydrogens (tertiary/aromatic N) is 4. The Morgan fingerprint density at radius 3 is 2.61 bits per heavy atom. The van der Waals surface area contributed by atoms with Crippen LogP contribution in [0.15, 0.2) is 33.2 Å². The lowest BCUT2D eigenvalue weighted by molar-refractivity contribution is 0.409. The molecule has 6 nitrogen and oxygen atoms in total. The summed E-state index contributed by atoms with van der Waals surface area (Å²) in [6.07, 6.45) is 0. The van der Waals surface area contributed by atoms with Crippen LogP contribution in [0.25, 0.3) is 0 Å². The van der Waals surface area contributed by atoms with E-state index in [1.807, 2.05) is 6.07 Å². The Kier molecular flexibility index (Phi) is 4.82. The minimum atomic E-state index is -0.495. The van der Waals surface area contributed by atoms with Crippen LogP contribution in [-0.4, -0.2) is 9.67 Å². The number of nitriles is 1. The molecule has 0 spiro atoms. The third kappa shape index (κ3) is 2.96. The molecule has 1 aromatic carbocycles. The number of hydrogen-bond acceptors (Lipinski definition) is 5. The van der Waals surface area contributed by atoms with E-state index in [2.05, 4.69) is 10.2 Å². The summed E-state index contributed by atoms with van der Waals surface area (Å²) >= 11 is 6.03. The minimum Gasteiger partial charge on any atom is -0.493 e. The smallest absolute Gasteiger partial charge is 0.281 e. The maximum Gasteiger partial charge on any atom is 0.281 e. The highest BCUT2D eigenvalue weighted by molar-refractivity contribution is 6.31. The van der Waals surface area contributed by atoms with Crippen molar-refractivity contribution < 1.29 is 5.11 Å². The Hall–Kier alpha value is -2.65. The van der Waals surface area contributed by atoms with Crippen LogP contribution in [0.5, 0.6) is 5.88 Å². The number of pyridine rings is 1. The molecule has 0 unspecified atom stereocenters. The van der Waals surface area contributed by atoms with Gasteiger partial charge in [0.25, 0.3) is 5.56 Å². The number of hydrogen-bond donors (Lipinski definition) is 1. The maximum atomic E-state index is 12.4. The zero-order valence-electron chi connectivity index (χ0n) is 13.0. The highest BCUT2D eigenvalue weighted by atomic mass is 35.5. The fraction of sp³-hybridized carbons (Fsp3) is 0.250.